The zero-order valence-corrected chi connectivity index (χ0v) is 17.8. The monoisotopic (exact) mass is 416 g/mol. The Bertz CT molecular complexity index is 1050. The van der Waals surface area contributed by atoms with Gasteiger partial charge >= 0.3 is 0 Å². The minimum Gasteiger partial charge on any atom is -0.340 e. The molecule has 2 aromatic heterocycles. The third-order valence-corrected chi connectivity index (χ3v) is 6.83. The van der Waals surface area contributed by atoms with Gasteiger partial charge in [0.05, 0.1) is 11.9 Å². The first-order chi connectivity index (χ1) is 15.2. The number of nitrogens with one attached hydrogen (secondary N) is 3. The van der Waals surface area contributed by atoms with Crippen molar-refractivity contribution in [3.63, 3.8) is 0 Å². The zero-order valence-electron chi connectivity index (χ0n) is 17.8. The Balaban J connectivity index is 1.34. The normalized spacial score (nSPS) is 23.1. The standard InChI is InChI=1S/C23H28N8/c1-30-9-8-21-20(14-30)22(27-17-4-2-15(3-5-17)16-10-25-26-11-16)29-23(28-21)31-18-6-7-19(31)13-24-12-18/h2-5,10-11,18-19,24H,6-9,12-14H2,1H3,(H,25,26)(H,27,28,29). The van der Waals surface area contributed by atoms with Crippen molar-refractivity contribution in [1.82, 2.24) is 30.4 Å². The van der Waals surface area contributed by atoms with Gasteiger partial charge in [0.2, 0.25) is 5.95 Å². The Kier molecular flexibility index (Phi) is 4.61. The van der Waals surface area contributed by atoms with Gasteiger partial charge in [-0.05, 0) is 37.6 Å². The highest BCUT2D eigenvalue weighted by atomic mass is 15.4. The molecule has 8 heteroatoms. The number of piperazine rings is 1. The van der Waals surface area contributed by atoms with E-state index in [-0.39, 0.29) is 0 Å². The van der Waals surface area contributed by atoms with E-state index in [4.69, 9.17) is 9.97 Å². The number of hydrogen-bond donors (Lipinski definition) is 3. The highest BCUT2D eigenvalue weighted by Crippen LogP contribution is 2.34. The molecule has 2 atom stereocenters. The van der Waals surface area contributed by atoms with Crippen LogP contribution in [0, 0.1) is 0 Å². The summed E-state index contributed by atoms with van der Waals surface area (Å²) in [5, 5.41) is 14.1. The number of H-pyrrole nitrogens is 1. The first kappa shape index (κ1) is 18.8. The number of rotatable bonds is 4. The smallest absolute Gasteiger partial charge is 0.228 e. The minimum absolute atomic E-state index is 0.505. The number of anilines is 3. The molecule has 2 bridgehead atoms. The third-order valence-electron chi connectivity index (χ3n) is 6.83. The molecule has 2 saturated heterocycles. The Hall–Kier alpha value is -2.97. The van der Waals surface area contributed by atoms with E-state index in [9.17, 15) is 0 Å². The molecule has 2 unspecified atom stereocenters. The maximum atomic E-state index is 5.09. The number of nitrogens with zero attached hydrogens (tertiary/aromatic N) is 5. The summed E-state index contributed by atoms with van der Waals surface area (Å²) < 4.78 is 0. The van der Waals surface area contributed by atoms with Gasteiger partial charge in [-0.2, -0.15) is 10.1 Å². The Morgan fingerprint density at radius 2 is 1.84 bits per heavy atom. The molecule has 0 aliphatic carbocycles. The van der Waals surface area contributed by atoms with Crippen LogP contribution in [0.4, 0.5) is 17.5 Å². The van der Waals surface area contributed by atoms with Crippen LogP contribution in [0.2, 0.25) is 0 Å². The summed E-state index contributed by atoms with van der Waals surface area (Å²) in [5.41, 5.74) is 5.68. The Morgan fingerprint density at radius 1 is 1.03 bits per heavy atom. The minimum atomic E-state index is 0.505. The van der Waals surface area contributed by atoms with Gasteiger partial charge in [0.15, 0.2) is 0 Å². The molecule has 8 nitrogen and oxygen atoms in total. The second-order valence-corrected chi connectivity index (χ2v) is 8.93. The van der Waals surface area contributed by atoms with Gasteiger partial charge in [0, 0.05) is 67.7 Å². The van der Waals surface area contributed by atoms with E-state index < -0.39 is 0 Å². The first-order valence-corrected chi connectivity index (χ1v) is 11.2. The summed E-state index contributed by atoms with van der Waals surface area (Å²) in [6.45, 7) is 3.96. The molecular formula is C23H28N8. The second-order valence-electron chi connectivity index (χ2n) is 8.93. The summed E-state index contributed by atoms with van der Waals surface area (Å²) in [5.74, 6) is 1.84. The van der Waals surface area contributed by atoms with Crippen LogP contribution in [0.1, 0.15) is 24.1 Å². The van der Waals surface area contributed by atoms with Crippen molar-refractivity contribution in [1.29, 1.82) is 0 Å². The maximum Gasteiger partial charge on any atom is 0.228 e. The van der Waals surface area contributed by atoms with Crippen molar-refractivity contribution < 1.29 is 0 Å². The lowest BCUT2D eigenvalue weighted by Gasteiger charge is -2.36. The predicted molar refractivity (Wildman–Crippen MR) is 122 cm³/mol. The highest BCUT2D eigenvalue weighted by Gasteiger charge is 2.38. The lowest BCUT2D eigenvalue weighted by Crippen LogP contribution is -2.52. The summed E-state index contributed by atoms with van der Waals surface area (Å²) in [6, 6.07) is 9.46. The van der Waals surface area contributed by atoms with Gasteiger partial charge in [-0.25, -0.2) is 4.98 Å². The maximum absolute atomic E-state index is 5.09. The molecule has 0 spiro atoms. The van der Waals surface area contributed by atoms with Crippen LogP contribution in [0.25, 0.3) is 11.1 Å². The van der Waals surface area contributed by atoms with Crippen LogP contribution in [0.5, 0.6) is 0 Å². The molecule has 0 saturated carbocycles. The van der Waals surface area contributed by atoms with E-state index in [2.05, 4.69) is 61.9 Å². The summed E-state index contributed by atoms with van der Waals surface area (Å²) in [6.07, 6.45) is 7.16. The van der Waals surface area contributed by atoms with Crippen molar-refractivity contribution in [2.75, 3.05) is 36.9 Å². The molecule has 3 aliphatic rings. The van der Waals surface area contributed by atoms with Crippen LogP contribution in [0.3, 0.4) is 0 Å². The van der Waals surface area contributed by atoms with Crippen molar-refractivity contribution in [3.8, 4) is 11.1 Å². The fraction of sp³-hybridized carbons (Fsp3) is 0.435. The Morgan fingerprint density at radius 3 is 2.58 bits per heavy atom. The highest BCUT2D eigenvalue weighted by molar-refractivity contribution is 5.68. The molecule has 3 N–H and O–H groups in total. The summed E-state index contributed by atoms with van der Waals surface area (Å²) in [7, 11) is 2.16. The van der Waals surface area contributed by atoms with Gasteiger partial charge in [-0.3, -0.25) is 5.10 Å². The molecular weight excluding hydrogens is 388 g/mol. The van der Waals surface area contributed by atoms with Crippen molar-refractivity contribution in [2.45, 2.75) is 37.9 Å². The molecule has 1 aromatic carbocycles. The van der Waals surface area contributed by atoms with Gasteiger partial charge < -0.3 is 20.4 Å². The van der Waals surface area contributed by atoms with Crippen molar-refractivity contribution in [2.24, 2.45) is 0 Å². The lowest BCUT2D eigenvalue weighted by molar-refractivity contribution is 0.309. The second kappa shape index (κ2) is 7.62. The molecule has 3 aliphatic heterocycles. The van der Waals surface area contributed by atoms with Gasteiger partial charge in [-0.1, -0.05) is 12.1 Å². The van der Waals surface area contributed by atoms with E-state index >= 15 is 0 Å². The molecule has 6 rings (SSSR count). The number of benzene rings is 1. The molecule has 3 aromatic rings. The van der Waals surface area contributed by atoms with Crippen LogP contribution in [-0.4, -0.2) is 63.8 Å². The van der Waals surface area contributed by atoms with Crippen LogP contribution >= 0.6 is 0 Å². The molecule has 0 radical (unpaired) electrons. The van der Waals surface area contributed by atoms with E-state index in [1.807, 2.05) is 12.4 Å². The molecule has 2 fully saturated rings. The summed E-state index contributed by atoms with van der Waals surface area (Å²) >= 11 is 0. The number of aromatic nitrogens is 4. The largest absolute Gasteiger partial charge is 0.340 e. The number of aromatic amines is 1. The number of hydrogen-bond acceptors (Lipinski definition) is 7. The van der Waals surface area contributed by atoms with Crippen LogP contribution < -0.4 is 15.5 Å². The fourth-order valence-corrected chi connectivity index (χ4v) is 5.15. The van der Waals surface area contributed by atoms with Gasteiger partial charge in [0.1, 0.15) is 5.82 Å². The number of likely N-dealkylation sites (N-methyl/N-ethyl adjacent to an activating group) is 1. The summed E-state index contributed by atoms with van der Waals surface area (Å²) in [4.78, 5) is 15.0. The fourth-order valence-electron chi connectivity index (χ4n) is 5.15. The third kappa shape index (κ3) is 3.45. The van der Waals surface area contributed by atoms with E-state index in [1.165, 1.54) is 24.1 Å². The zero-order chi connectivity index (χ0) is 20.8. The van der Waals surface area contributed by atoms with Crippen LogP contribution in [-0.2, 0) is 13.0 Å². The molecule has 31 heavy (non-hydrogen) atoms. The molecule has 5 heterocycles. The van der Waals surface area contributed by atoms with Crippen molar-refractivity contribution in [3.05, 3.63) is 47.9 Å². The SMILES string of the molecule is CN1CCc2nc(N3C4CCC3CNC4)nc(Nc3ccc(-c4cn[nH]c4)cc3)c2C1. The number of fused-ring (bicyclic) bond motifs is 3. The predicted octanol–water partition coefficient (Wildman–Crippen LogP) is 2.54. The van der Waals surface area contributed by atoms with Crippen molar-refractivity contribution >= 4 is 17.5 Å². The van der Waals surface area contributed by atoms with Gasteiger partial charge in [-0.15, -0.1) is 0 Å². The average Bonchev–Trinajstić information content (AvgIpc) is 3.41. The Labute approximate surface area is 182 Å². The lowest BCUT2D eigenvalue weighted by atomic mass is 10.1. The van der Waals surface area contributed by atoms with E-state index in [0.29, 0.717) is 12.1 Å². The molecule has 0 amide bonds. The topological polar surface area (TPSA) is 85.0 Å². The van der Waals surface area contributed by atoms with Crippen LogP contribution in [0.15, 0.2) is 36.7 Å². The first-order valence-electron chi connectivity index (χ1n) is 11.2. The van der Waals surface area contributed by atoms with Gasteiger partial charge in [0.25, 0.3) is 0 Å². The average molecular weight is 417 g/mol. The van der Waals surface area contributed by atoms with E-state index in [1.54, 1.807) is 0 Å². The molecule has 160 valence electrons. The van der Waals surface area contributed by atoms with E-state index in [0.717, 1.165) is 61.2 Å². The quantitative estimate of drug-likeness (QED) is 0.603.